The first-order valence-corrected chi connectivity index (χ1v) is 18.3. The average molecular weight is 704 g/mol. The van der Waals surface area contributed by atoms with Gasteiger partial charge in [-0.3, -0.25) is 0 Å². The Morgan fingerprint density at radius 2 is 0.855 bits per heavy atom. The van der Waals surface area contributed by atoms with Crippen LogP contribution >= 0.6 is 0 Å². The summed E-state index contributed by atoms with van der Waals surface area (Å²) in [6.07, 6.45) is 0. The van der Waals surface area contributed by atoms with Gasteiger partial charge in [0.2, 0.25) is 5.71 Å². The summed E-state index contributed by atoms with van der Waals surface area (Å²) in [7, 11) is 0. The normalized spacial score (nSPS) is 11.6. The third kappa shape index (κ3) is 5.31. The summed E-state index contributed by atoms with van der Waals surface area (Å²) in [4.78, 5) is 24.4. The van der Waals surface area contributed by atoms with Crippen molar-refractivity contribution in [2.24, 2.45) is 0 Å². The Morgan fingerprint density at radius 1 is 0.345 bits per heavy atom. The third-order valence-electron chi connectivity index (χ3n) is 10.4. The van der Waals surface area contributed by atoms with E-state index in [4.69, 9.17) is 29.3 Å². The van der Waals surface area contributed by atoms with Crippen LogP contribution in [0.5, 0.6) is 0 Å². The van der Waals surface area contributed by atoms with Gasteiger partial charge in [-0.25, -0.2) is 24.9 Å². The fourth-order valence-electron chi connectivity index (χ4n) is 7.67. The van der Waals surface area contributed by atoms with Gasteiger partial charge in [0.25, 0.3) is 0 Å². The number of para-hydroxylation sites is 2. The van der Waals surface area contributed by atoms with Crippen LogP contribution in [-0.4, -0.2) is 24.9 Å². The molecule has 0 aliphatic carbocycles. The Hall–Kier alpha value is -7.57. The number of benzene rings is 8. The van der Waals surface area contributed by atoms with Crippen LogP contribution in [0.2, 0.25) is 0 Å². The highest BCUT2D eigenvalue weighted by molar-refractivity contribution is 6.18. The van der Waals surface area contributed by atoms with Crippen LogP contribution in [0, 0.1) is 0 Å². The van der Waals surface area contributed by atoms with E-state index in [0.717, 1.165) is 71.7 Å². The molecule has 256 valence electrons. The molecule has 3 heterocycles. The van der Waals surface area contributed by atoms with Crippen molar-refractivity contribution >= 4 is 54.8 Å². The maximum Gasteiger partial charge on any atom is 0.246 e. The maximum absolute atomic E-state index is 6.19. The first-order chi connectivity index (χ1) is 27.2. The Kier molecular flexibility index (Phi) is 7.07. The van der Waals surface area contributed by atoms with Gasteiger partial charge in [0.15, 0.2) is 17.5 Å². The second-order valence-corrected chi connectivity index (χ2v) is 13.7. The van der Waals surface area contributed by atoms with E-state index in [9.17, 15) is 0 Å². The molecule has 0 radical (unpaired) electrons. The fraction of sp³-hybridized carbons (Fsp3) is 0. The average Bonchev–Trinajstić information content (AvgIpc) is 3.63. The molecule has 55 heavy (non-hydrogen) atoms. The molecule has 11 rings (SSSR count). The predicted molar refractivity (Wildman–Crippen MR) is 222 cm³/mol. The van der Waals surface area contributed by atoms with Crippen LogP contribution in [0.25, 0.3) is 111 Å². The third-order valence-corrected chi connectivity index (χ3v) is 10.4. The van der Waals surface area contributed by atoms with E-state index in [1.54, 1.807) is 0 Å². The van der Waals surface area contributed by atoms with Crippen molar-refractivity contribution in [3.05, 3.63) is 176 Å². The zero-order valence-corrected chi connectivity index (χ0v) is 29.4. The molecule has 0 fully saturated rings. The first-order valence-electron chi connectivity index (χ1n) is 18.3. The number of fused-ring (bicyclic) bond motifs is 7. The van der Waals surface area contributed by atoms with E-state index < -0.39 is 0 Å². The lowest BCUT2D eigenvalue weighted by Crippen LogP contribution is -2.00. The maximum atomic E-state index is 6.19. The zero-order chi connectivity index (χ0) is 36.3. The quantitative estimate of drug-likeness (QED) is 0.178. The van der Waals surface area contributed by atoms with Gasteiger partial charge in [0, 0.05) is 16.7 Å². The molecule has 0 unspecified atom stereocenters. The van der Waals surface area contributed by atoms with Crippen LogP contribution in [0.3, 0.4) is 0 Å². The molecule has 3 aromatic heterocycles. The lowest BCUT2D eigenvalue weighted by Gasteiger charge is -2.13. The summed E-state index contributed by atoms with van der Waals surface area (Å²) in [6.45, 7) is 0. The van der Waals surface area contributed by atoms with Gasteiger partial charge in [-0.1, -0.05) is 152 Å². The molecular formula is C49H29N5O. The van der Waals surface area contributed by atoms with Gasteiger partial charge in [-0.05, 0) is 68.1 Å². The summed E-state index contributed by atoms with van der Waals surface area (Å²) in [5.41, 5.74) is 11.2. The number of hydrogen-bond donors (Lipinski definition) is 0. The van der Waals surface area contributed by atoms with Crippen LogP contribution < -0.4 is 0 Å². The Labute approximate surface area is 315 Å². The van der Waals surface area contributed by atoms with Crippen LogP contribution in [0.4, 0.5) is 0 Å². The number of furan rings is 1. The molecule has 0 saturated carbocycles. The van der Waals surface area contributed by atoms with Crippen molar-refractivity contribution < 1.29 is 4.42 Å². The smallest absolute Gasteiger partial charge is 0.246 e. The summed E-state index contributed by atoms with van der Waals surface area (Å²) in [5.74, 6) is 1.93. The molecule has 6 heteroatoms. The van der Waals surface area contributed by atoms with Gasteiger partial charge >= 0.3 is 0 Å². The molecule has 0 amide bonds. The van der Waals surface area contributed by atoms with Crippen molar-refractivity contribution in [3.63, 3.8) is 0 Å². The SMILES string of the molecule is c1ccc(-c2nc(-c3ccccc3)nc(-c3ccc(-c4ccc(-c5ccc6c(ccc7oc8nc9ccccc9nc8c76)c5)c5ccccc45)cc3)n2)cc1. The standard InChI is InChI=1S/C49H29N5O/c1-3-11-31(12-4-1)46-52-47(32-13-5-2-6-14-32)54-48(53-46)33-21-19-30(20-22-33)36-26-27-37(40-16-8-7-15-39(36)40)34-23-25-38-35(29-34)24-28-43-44(38)45-49(55-43)51-42-18-10-9-17-41(42)50-45/h1-29H. The number of hydrogen-bond acceptors (Lipinski definition) is 6. The van der Waals surface area contributed by atoms with Gasteiger partial charge in [-0.15, -0.1) is 0 Å². The number of rotatable bonds is 5. The van der Waals surface area contributed by atoms with Gasteiger partial charge in [0.1, 0.15) is 11.1 Å². The van der Waals surface area contributed by atoms with E-state index in [1.165, 1.54) is 16.3 Å². The summed E-state index contributed by atoms with van der Waals surface area (Å²) >= 11 is 0. The molecule has 0 saturated heterocycles. The largest absolute Gasteiger partial charge is 0.436 e. The van der Waals surface area contributed by atoms with E-state index in [2.05, 4.69) is 84.9 Å². The molecule has 0 atom stereocenters. The molecule has 0 N–H and O–H groups in total. The van der Waals surface area contributed by atoms with Crippen LogP contribution in [0.15, 0.2) is 180 Å². The Bertz CT molecular complexity index is 3190. The second kappa shape index (κ2) is 12.5. The molecule has 11 aromatic rings. The fourth-order valence-corrected chi connectivity index (χ4v) is 7.67. The lowest BCUT2D eigenvalue weighted by molar-refractivity contribution is 0.655. The van der Waals surface area contributed by atoms with E-state index >= 15 is 0 Å². The van der Waals surface area contributed by atoms with E-state index in [-0.39, 0.29) is 0 Å². The molecule has 0 bridgehead atoms. The minimum atomic E-state index is 0.557. The molecule has 0 spiro atoms. The van der Waals surface area contributed by atoms with Crippen molar-refractivity contribution in [3.8, 4) is 56.4 Å². The predicted octanol–water partition coefficient (Wildman–Crippen LogP) is 12.4. The lowest BCUT2D eigenvalue weighted by atomic mass is 9.91. The summed E-state index contributed by atoms with van der Waals surface area (Å²) < 4.78 is 6.19. The summed E-state index contributed by atoms with van der Waals surface area (Å²) in [5, 5.41) is 5.58. The second-order valence-electron chi connectivity index (χ2n) is 13.7. The first kappa shape index (κ1) is 31.0. The van der Waals surface area contributed by atoms with Crippen molar-refractivity contribution in [2.45, 2.75) is 0 Å². The minimum absolute atomic E-state index is 0.557. The van der Waals surface area contributed by atoms with Crippen molar-refractivity contribution in [2.75, 3.05) is 0 Å². The molecular weight excluding hydrogens is 675 g/mol. The Morgan fingerprint density at radius 3 is 1.49 bits per heavy atom. The highest BCUT2D eigenvalue weighted by Gasteiger charge is 2.17. The Balaban J connectivity index is 0.978. The monoisotopic (exact) mass is 703 g/mol. The van der Waals surface area contributed by atoms with Crippen molar-refractivity contribution in [1.29, 1.82) is 0 Å². The van der Waals surface area contributed by atoms with Crippen LogP contribution in [0.1, 0.15) is 0 Å². The topological polar surface area (TPSA) is 77.6 Å². The minimum Gasteiger partial charge on any atom is -0.436 e. The van der Waals surface area contributed by atoms with E-state index in [1.807, 2.05) is 91.0 Å². The number of nitrogens with zero attached hydrogens (tertiary/aromatic N) is 5. The summed E-state index contributed by atoms with van der Waals surface area (Å²) in [6, 6.07) is 60.5. The molecule has 0 aliphatic rings. The van der Waals surface area contributed by atoms with Gasteiger partial charge in [-0.2, -0.15) is 0 Å². The molecule has 8 aromatic carbocycles. The van der Waals surface area contributed by atoms with E-state index in [0.29, 0.717) is 23.2 Å². The van der Waals surface area contributed by atoms with Crippen LogP contribution in [-0.2, 0) is 0 Å². The van der Waals surface area contributed by atoms with Crippen molar-refractivity contribution in [1.82, 2.24) is 24.9 Å². The molecule has 6 nitrogen and oxygen atoms in total. The van der Waals surface area contributed by atoms with Gasteiger partial charge in [0.05, 0.1) is 16.4 Å². The number of aromatic nitrogens is 5. The zero-order valence-electron chi connectivity index (χ0n) is 29.4. The van der Waals surface area contributed by atoms with Gasteiger partial charge < -0.3 is 4.42 Å². The highest BCUT2D eigenvalue weighted by Crippen LogP contribution is 2.39. The molecule has 0 aliphatic heterocycles. The highest BCUT2D eigenvalue weighted by atomic mass is 16.3.